The highest BCUT2D eigenvalue weighted by Crippen LogP contribution is 2.30. The molecule has 1 heterocycles. The number of rotatable bonds is 6. The Hall–Kier alpha value is -0.480. The summed E-state index contributed by atoms with van der Waals surface area (Å²) < 4.78 is 0.269. The summed E-state index contributed by atoms with van der Waals surface area (Å²) in [6.07, 6.45) is 4.43. The van der Waals surface area contributed by atoms with Crippen LogP contribution in [0.15, 0.2) is 6.07 Å². The summed E-state index contributed by atoms with van der Waals surface area (Å²) in [6, 6.07) is 1.92. The summed E-state index contributed by atoms with van der Waals surface area (Å²) >= 11 is 7.74. The third kappa shape index (κ3) is 4.03. The van der Waals surface area contributed by atoms with E-state index in [4.69, 9.17) is 11.6 Å². The quantitative estimate of drug-likeness (QED) is 0.801. The number of hydrogen-bond donors (Lipinski definition) is 1. The molecule has 0 amide bonds. The molecule has 0 aliphatic rings. The van der Waals surface area contributed by atoms with E-state index < -0.39 is 0 Å². The molecule has 0 saturated heterocycles. The van der Waals surface area contributed by atoms with Crippen molar-refractivity contribution in [1.29, 1.82) is 0 Å². The van der Waals surface area contributed by atoms with E-state index in [1.807, 2.05) is 24.8 Å². The van der Waals surface area contributed by atoms with Crippen LogP contribution in [-0.4, -0.2) is 27.5 Å². The lowest BCUT2D eigenvalue weighted by Gasteiger charge is -2.30. The Bertz CT molecular complexity index is 338. The number of nitrogens with one attached hydrogen (secondary N) is 1. The van der Waals surface area contributed by atoms with Crippen LogP contribution in [0, 0.1) is 6.92 Å². The Balaban J connectivity index is 2.71. The van der Waals surface area contributed by atoms with E-state index in [1.165, 1.54) is 0 Å². The highest BCUT2D eigenvalue weighted by molar-refractivity contribution is 8.00. The van der Waals surface area contributed by atoms with Crippen LogP contribution in [0.25, 0.3) is 0 Å². The van der Waals surface area contributed by atoms with Crippen molar-refractivity contribution in [3.8, 4) is 0 Å². The molecule has 0 bridgehead atoms. The van der Waals surface area contributed by atoms with Crippen molar-refractivity contribution in [3.05, 3.63) is 17.0 Å². The minimum absolute atomic E-state index is 0.269. The van der Waals surface area contributed by atoms with Crippen molar-refractivity contribution < 1.29 is 0 Å². The minimum Gasteiger partial charge on any atom is -0.369 e. The van der Waals surface area contributed by atoms with Crippen LogP contribution in [-0.2, 0) is 0 Å². The smallest absolute Gasteiger partial charge is 0.224 e. The van der Waals surface area contributed by atoms with Crippen LogP contribution < -0.4 is 5.32 Å². The number of nitrogens with zero attached hydrogens (tertiary/aromatic N) is 2. The molecule has 0 aromatic carbocycles. The zero-order valence-electron chi connectivity index (χ0n) is 10.9. The SMILES string of the molecule is CCC(CC)(CNc1cc(C)nc(Cl)n1)SC. The van der Waals surface area contributed by atoms with Gasteiger partial charge in [0.05, 0.1) is 0 Å². The Labute approximate surface area is 113 Å². The maximum absolute atomic E-state index is 5.83. The second-order valence-electron chi connectivity index (χ2n) is 4.11. The third-order valence-corrected chi connectivity index (χ3v) is 4.90. The van der Waals surface area contributed by atoms with Crippen LogP contribution in [0.5, 0.6) is 0 Å². The predicted octanol–water partition coefficient (Wildman–Crippen LogP) is 3.77. The van der Waals surface area contributed by atoms with Crippen molar-refractivity contribution in [2.24, 2.45) is 0 Å². The van der Waals surface area contributed by atoms with Crippen molar-refractivity contribution in [1.82, 2.24) is 9.97 Å². The van der Waals surface area contributed by atoms with Crippen LogP contribution in [0.3, 0.4) is 0 Å². The molecule has 1 rings (SSSR count). The number of aromatic nitrogens is 2. The van der Waals surface area contributed by atoms with Gasteiger partial charge in [-0.2, -0.15) is 11.8 Å². The second kappa shape index (κ2) is 6.45. The van der Waals surface area contributed by atoms with Crippen molar-refractivity contribution in [2.45, 2.75) is 38.4 Å². The maximum atomic E-state index is 5.83. The standard InChI is InChI=1S/C12H20ClN3S/c1-5-12(6-2,17-4)8-14-10-7-9(3)15-11(13)16-10/h7H,5-6,8H2,1-4H3,(H,14,15,16). The molecule has 17 heavy (non-hydrogen) atoms. The van der Waals surface area contributed by atoms with Gasteiger partial charge in [-0.3, -0.25) is 0 Å². The van der Waals surface area contributed by atoms with Gasteiger partial charge in [-0.15, -0.1) is 0 Å². The van der Waals surface area contributed by atoms with Crippen molar-refractivity contribution in [3.63, 3.8) is 0 Å². The van der Waals surface area contributed by atoms with E-state index in [9.17, 15) is 0 Å². The molecule has 1 aromatic heterocycles. The van der Waals surface area contributed by atoms with Gasteiger partial charge in [0.1, 0.15) is 5.82 Å². The number of halogens is 1. The van der Waals surface area contributed by atoms with Gasteiger partial charge in [-0.1, -0.05) is 13.8 Å². The van der Waals surface area contributed by atoms with Gasteiger partial charge >= 0.3 is 0 Å². The van der Waals surface area contributed by atoms with E-state index in [0.717, 1.165) is 30.9 Å². The molecule has 1 aromatic rings. The molecular weight excluding hydrogens is 254 g/mol. The highest BCUT2D eigenvalue weighted by Gasteiger charge is 2.24. The van der Waals surface area contributed by atoms with E-state index in [-0.39, 0.29) is 4.75 Å². The molecule has 0 fully saturated rings. The molecule has 0 spiro atoms. The zero-order chi connectivity index (χ0) is 12.9. The summed E-state index contributed by atoms with van der Waals surface area (Å²) in [6.45, 7) is 7.26. The Morgan fingerprint density at radius 2 is 2.00 bits per heavy atom. The van der Waals surface area contributed by atoms with Crippen molar-refractivity contribution in [2.75, 3.05) is 18.1 Å². The fraction of sp³-hybridized carbons (Fsp3) is 0.667. The molecule has 0 aliphatic heterocycles. The van der Waals surface area contributed by atoms with Crippen molar-refractivity contribution >= 4 is 29.2 Å². The van der Waals surface area contributed by atoms with Gasteiger partial charge in [0, 0.05) is 23.1 Å². The zero-order valence-corrected chi connectivity index (χ0v) is 12.5. The fourth-order valence-corrected chi connectivity index (χ4v) is 2.75. The average Bonchev–Trinajstić information content (AvgIpc) is 2.30. The van der Waals surface area contributed by atoms with Crippen LogP contribution in [0.1, 0.15) is 32.4 Å². The Morgan fingerprint density at radius 1 is 1.35 bits per heavy atom. The van der Waals surface area contributed by atoms with Gasteiger partial charge in [0.2, 0.25) is 5.28 Å². The van der Waals surface area contributed by atoms with Gasteiger partial charge in [0.25, 0.3) is 0 Å². The van der Waals surface area contributed by atoms with Gasteiger partial charge in [0.15, 0.2) is 0 Å². The lowest BCUT2D eigenvalue weighted by molar-refractivity contribution is 0.574. The molecule has 1 N–H and O–H groups in total. The lowest BCUT2D eigenvalue weighted by atomic mass is 10.0. The molecule has 96 valence electrons. The summed E-state index contributed by atoms with van der Waals surface area (Å²) in [4.78, 5) is 8.22. The first-order chi connectivity index (χ1) is 8.05. The summed E-state index contributed by atoms with van der Waals surface area (Å²) in [5.41, 5.74) is 0.884. The predicted molar refractivity (Wildman–Crippen MR) is 77.1 cm³/mol. The molecule has 0 saturated carbocycles. The van der Waals surface area contributed by atoms with Gasteiger partial charge in [-0.25, -0.2) is 9.97 Å². The number of thioether (sulfide) groups is 1. The van der Waals surface area contributed by atoms with Gasteiger partial charge in [-0.05, 0) is 37.6 Å². The van der Waals surface area contributed by atoms with Gasteiger partial charge < -0.3 is 5.32 Å². The van der Waals surface area contributed by atoms with E-state index in [1.54, 1.807) is 0 Å². The normalized spacial score (nSPS) is 11.6. The topological polar surface area (TPSA) is 37.8 Å². The minimum atomic E-state index is 0.269. The highest BCUT2D eigenvalue weighted by atomic mass is 35.5. The first-order valence-corrected chi connectivity index (χ1v) is 7.45. The van der Waals surface area contributed by atoms with E-state index in [2.05, 4.69) is 35.4 Å². The molecule has 0 aliphatic carbocycles. The lowest BCUT2D eigenvalue weighted by Crippen LogP contribution is -2.32. The Morgan fingerprint density at radius 3 is 2.47 bits per heavy atom. The van der Waals surface area contributed by atoms with Crippen LogP contribution in [0.4, 0.5) is 5.82 Å². The molecule has 0 atom stereocenters. The molecule has 0 radical (unpaired) electrons. The number of anilines is 1. The average molecular weight is 274 g/mol. The molecule has 0 unspecified atom stereocenters. The summed E-state index contributed by atoms with van der Waals surface area (Å²) in [7, 11) is 0. The van der Waals surface area contributed by atoms with Crippen LogP contribution >= 0.6 is 23.4 Å². The largest absolute Gasteiger partial charge is 0.369 e. The first-order valence-electron chi connectivity index (χ1n) is 5.85. The van der Waals surface area contributed by atoms with E-state index >= 15 is 0 Å². The van der Waals surface area contributed by atoms with E-state index in [0.29, 0.717) is 5.28 Å². The third-order valence-electron chi connectivity index (χ3n) is 3.14. The second-order valence-corrected chi connectivity index (χ2v) is 5.72. The fourth-order valence-electron chi connectivity index (χ4n) is 1.74. The first kappa shape index (κ1) is 14.6. The maximum Gasteiger partial charge on any atom is 0.224 e. The van der Waals surface area contributed by atoms with Crippen LogP contribution in [0.2, 0.25) is 5.28 Å². The molecular formula is C12H20ClN3S. The Kier molecular flexibility index (Phi) is 5.53. The summed E-state index contributed by atoms with van der Waals surface area (Å²) in [5, 5.41) is 3.66. The summed E-state index contributed by atoms with van der Waals surface area (Å²) in [5.74, 6) is 0.808. The molecule has 3 nitrogen and oxygen atoms in total. The number of aryl methyl sites for hydroxylation is 1. The molecule has 5 heteroatoms. The number of hydrogen-bond acceptors (Lipinski definition) is 4. The monoisotopic (exact) mass is 273 g/mol.